The van der Waals surface area contributed by atoms with E-state index in [0.29, 0.717) is 0 Å². The van der Waals surface area contributed by atoms with Gasteiger partial charge >= 0.3 is 245 Å². The number of benzene rings is 4. The van der Waals surface area contributed by atoms with E-state index in [-0.39, 0.29) is 24.8 Å². The van der Waals surface area contributed by atoms with Crippen LogP contribution in [0.25, 0.3) is 33.7 Å². The number of hydrogen-bond donors (Lipinski definition) is 0. The van der Waals surface area contributed by atoms with Crippen LogP contribution >= 0.6 is 0 Å². The minimum Gasteiger partial charge on any atom is -1.00 e. The van der Waals surface area contributed by atoms with E-state index in [0.717, 1.165) is 19.1 Å². The fraction of sp³-hybridized carbons (Fsp3) is 0.385. The first kappa shape index (κ1) is 29.1. The van der Waals surface area contributed by atoms with Crippen LogP contribution in [-0.2, 0) is 20.3 Å². The molecular formula is C39H40Cl2Zr. The van der Waals surface area contributed by atoms with Gasteiger partial charge in [0.25, 0.3) is 0 Å². The smallest absolute Gasteiger partial charge is 1.00 e. The molecule has 0 spiro atoms. The summed E-state index contributed by atoms with van der Waals surface area (Å²) in [6.07, 6.45) is 18.4. The monoisotopic (exact) mass is 668 g/mol. The van der Waals surface area contributed by atoms with E-state index >= 15 is 0 Å². The molecule has 0 nitrogen and oxygen atoms in total. The Morgan fingerprint density at radius 3 is 1.31 bits per heavy atom. The van der Waals surface area contributed by atoms with Crippen LogP contribution in [0.1, 0.15) is 87.3 Å². The Kier molecular flexibility index (Phi) is 7.87. The number of halogens is 2. The van der Waals surface area contributed by atoms with Gasteiger partial charge in [0.05, 0.1) is 0 Å². The topological polar surface area (TPSA) is 0 Å². The van der Waals surface area contributed by atoms with Crippen molar-refractivity contribution in [3.63, 3.8) is 0 Å². The molecule has 4 aromatic carbocycles. The summed E-state index contributed by atoms with van der Waals surface area (Å²) in [6.45, 7) is 0. The molecule has 2 saturated carbocycles. The van der Waals surface area contributed by atoms with Crippen LogP contribution < -0.4 is 24.8 Å². The Hall–Kier alpha value is -1.66. The number of hydrogen-bond acceptors (Lipinski definition) is 0. The zero-order chi connectivity index (χ0) is 26.3. The molecule has 0 bridgehead atoms. The molecule has 42 heavy (non-hydrogen) atoms. The van der Waals surface area contributed by atoms with Crippen LogP contribution in [0.5, 0.6) is 0 Å². The molecule has 0 amide bonds. The molecule has 1 saturated heterocycles. The summed E-state index contributed by atoms with van der Waals surface area (Å²) < 4.78 is 4.71. The molecule has 0 N–H and O–H groups in total. The Morgan fingerprint density at radius 1 is 0.476 bits per heavy atom. The largest absolute Gasteiger partial charge is 1.00 e. The average Bonchev–Trinajstić information content (AvgIpc) is 3.78. The second-order valence-electron chi connectivity index (χ2n) is 13.8. The second-order valence-corrected chi connectivity index (χ2v) is 25.1. The van der Waals surface area contributed by atoms with Gasteiger partial charge < -0.3 is 24.8 Å². The summed E-state index contributed by atoms with van der Waals surface area (Å²) >= 11 is -2.81. The summed E-state index contributed by atoms with van der Waals surface area (Å²) in [4.78, 5) is 0. The quantitative estimate of drug-likeness (QED) is 0.275. The normalized spacial score (nSPS) is 23.7. The van der Waals surface area contributed by atoms with Gasteiger partial charge in [0.15, 0.2) is 0 Å². The zero-order valence-electron chi connectivity index (χ0n) is 24.4. The summed E-state index contributed by atoms with van der Waals surface area (Å²) in [7, 11) is 0. The van der Waals surface area contributed by atoms with Crippen LogP contribution in [0.2, 0.25) is 8.26 Å². The van der Waals surface area contributed by atoms with Gasteiger partial charge in [-0.15, -0.1) is 0 Å². The Balaban J connectivity index is 0.00000144. The Labute approximate surface area is 268 Å². The SMILES string of the molecule is C1=C(C2CCCC2)[CH]([Zr+2]2([CH]3C(C4CCCC4)=Cc4c3ccc3ccccc43)[CH2]C[CH2]2)c2ccc3ccccc3c21.[Cl-].[Cl-]. The van der Waals surface area contributed by atoms with E-state index in [1.165, 1.54) is 79.3 Å². The molecule has 2 atom stereocenters. The molecule has 3 fully saturated rings. The van der Waals surface area contributed by atoms with Crippen molar-refractivity contribution in [1.29, 1.82) is 0 Å². The van der Waals surface area contributed by atoms with Crippen LogP contribution in [0, 0.1) is 11.8 Å². The van der Waals surface area contributed by atoms with Crippen molar-refractivity contribution in [2.45, 2.75) is 73.3 Å². The molecule has 9 rings (SSSR count). The third kappa shape index (κ3) is 4.24. The number of fused-ring (bicyclic) bond motifs is 6. The zero-order valence-corrected chi connectivity index (χ0v) is 28.4. The predicted molar refractivity (Wildman–Crippen MR) is 167 cm³/mol. The van der Waals surface area contributed by atoms with Crippen molar-refractivity contribution in [3.05, 3.63) is 106 Å². The molecule has 2 unspecified atom stereocenters. The fourth-order valence-corrected chi connectivity index (χ4v) is 25.8. The molecule has 4 aliphatic carbocycles. The second kappa shape index (κ2) is 11.4. The minimum absolute atomic E-state index is 0. The van der Waals surface area contributed by atoms with Crippen molar-refractivity contribution < 1.29 is 45.1 Å². The third-order valence-corrected chi connectivity index (χ3v) is 27.1. The molecule has 1 heterocycles. The predicted octanol–water partition coefficient (Wildman–Crippen LogP) is 5.35. The van der Waals surface area contributed by atoms with E-state index < -0.39 is 20.3 Å². The van der Waals surface area contributed by atoms with Crippen LogP contribution in [-0.4, -0.2) is 0 Å². The van der Waals surface area contributed by atoms with Crippen molar-refractivity contribution in [1.82, 2.24) is 0 Å². The average molecular weight is 671 g/mol. The van der Waals surface area contributed by atoms with E-state index in [1.54, 1.807) is 30.5 Å². The van der Waals surface area contributed by atoms with Gasteiger partial charge in [0.2, 0.25) is 0 Å². The van der Waals surface area contributed by atoms with Crippen LogP contribution in [0.15, 0.2) is 83.9 Å². The molecule has 214 valence electrons. The molecule has 0 aromatic heterocycles. The van der Waals surface area contributed by atoms with Gasteiger partial charge in [-0.2, -0.15) is 0 Å². The van der Waals surface area contributed by atoms with Gasteiger partial charge in [-0.1, -0.05) is 0 Å². The van der Waals surface area contributed by atoms with Crippen LogP contribution in [0.4, 0.5) is 0 Å². The third-order valence-electron chi connectivity index (χ3n) is 12.0. The van der Waals surface area contributed by atoms with Crippen molar-refractivity contribution in [3.8, 4) is 0 Å². The summed E-state index contributed by atoms with van der Waals surface area (Å²) in [5, 5.41) is 5.85. The van der Waals surface area contributed by atoms with E-state index in [4.69, 9.17) is 0 Å². The molecule has 3 heteroatoms. The molecule has 0 radical (unpaired) electrons. The van der Waals surface area contributed by atoms with Gasteiger partial charge in [-0.05, 0) is 0 Å². The Morgan fingerprint density at radius 2 is 0.905 bits per heavy atom. The molecule has 1 aliphatic heterocycles. The maximum Gasteiger partial charge on any atom is -1.00 e. The molecule has 5 aliphatic rings. The maximum atomic E-state index is 2.77. The fourth-order valence-electron chi connectivity index (χ4n) is 10.1. The summed E-state index contributed by atoms with van der Waals surface area (Å²) in [6, 6.07) is 28.6. The first-order valence-electron chi connectivity index (χ1n) is 16.3. The van der Waals surface area contributed by atoms with Crippen molar-refractivity contribution in [2.24, 2.45) is 11.8 Å². The van der Waals surface area contributed by atoms with Crippen molar-refractivity contribution in [2.75, 3.05) is 0 Å². The summed E-state index contributed by atoms with van der Waals surface area (Å²) in [5.74, 6) is 1.64. The Bertz CT molecular complexity index is 1590. The van der Waals surface area contributed by atoms with Gasteiger partial charge in [-0.25, -0.2) is 0 Å². The minimum atomic E-state index is -2.81. The molecular weight excluding hydrogens is 631 g/mol. The number of rotatable bonds is 4. The van der Waals surface area contributed by atoms with Gasteiger partial charge in [-0.3, -0.25) is 0 Å². The van der Waals surface area contributed by atoms with Crippen molar-refractivity contribution >= 4 is 33.7 Å². The van der Waals surface area contributed by atoms with E-state index in [2.05, 4.69) is 84.9 Å². The first-order valence-corrected chi connectivity index (χ1v) is 22.6. The standard InChI is InChI=1S/2C18H17.C3H6.2ClH.Zr/c2*1-2-6-13(5-1)16-11-15-10-9-14-7-3-4-8-17(14)18(15)12-16;1-3-2;;;/h2*3-4,7-13H,1-2,5-6H2;1-3H2;2*1H;/q;;;;;+2/p-2. The molecule has 4 aromatic rings. The number of allylic oxidation sites excluding steroid dienone is 2. The van der Waals surface area contributed by atoms with E-state index in [1.807, 2.05) is 11.1 Å². The summed E-state index contributed by atoms with van der Waals surface area (Å²) in [5.41, 5.74) is 10.5. The first-order chi connectivity index (χ1) is 19.8. The van der Waals surface area contributed by atoms with E-state index in [9.17, 15) is 0 Å². The van der Waals surface area contributed by atoms with Gasteiger partial charge in [0.1, 0.15) is 0 Å². The van der Waals surface area contributed by atoms with Crippen LogP contribution in [0.3, 0.4) is 0 Å². The maximum absolute atomic E-state index is 2.81. The van der Waals surface area contributed by atoms with Gasteiger partial charge in [0, 0.05) is 0 Å².